The van der Waals surface area contributed by atoms with Crippen molar-refractivity contribution >= 4 is 0 Å². The summed E-state index contributed by atoms with van der Waals surface area (Å²) in [7, 11) is 2.07. The van der Waals surface area contributed by atoms with Crippen LogP contribution >= 0.6 is 0 Å². The molecule has 0 aliphatic heterocycles. The van der Waals surface area contributed by atoms with E-state index in [9.17, 15) is 0 Å². The molecule has 2 atom stereocenters. The third-order valence-electron chi connectivity index (χ3n) is 2.34. The van der Waals surface area contributed by atoms with E-state index in [-0.39, 0.29) is 0 Å². The summed E-state index contributed by atoms with van der Waals surface area (Å²) in [5.41, 5.74) is 5.69. The molecule has 0 amide bonds. The van der Waals surface area contributed by atoms with Crippen LogP contribution in [0.5, 0.6) is 0 Å². The zero-order valence-corrected chi connectivity index (χ0v) is 9.79. The van der Waals surface area contributed by atoms with Crippen LogP contribution in [0.2, 0.25) is 0 Å². The molecule has 0 saturated heterocycles. The van der Waals surface area contributed by atoms with E-state index in [1.54, 1.807) is 0 Å². The van der Waals surface area contributed by atoms with Crippen LogP contribution in [0.1, 0.15) is 33.1 Å². The highest BCUT2D eigenvalue weighted by Crippen LogP contribution is 2.09. The standard InChI is InChI=1S/C12H24N2/c1-5-9-14(4)10-11(2)7-6-8-12(3)13/h1,11-12H,6-10,13H2,2-4H3. The molecule has 0 aliphatic rings. The molecule has 0 aliphatic carbocycles. The van der Waals surface area contributed by atoms with Gasteiger partial charge in [-0.2, -0.15) is 0 Å². The average molecular weight is 196 g/mol. The van der Waals surface area contributed by atoms with Crippen molar-refractivity contribution < 1.29 is 0 Å². The van der Waals surface area contributed by atoms with Crippen molar-refractivity contribution in [1.82, 2.24) is 4.90 Å². The van der Waals surface area contributed by atoms with Crippen molar-refractivity contribution in [3.05, 3.63) is 0 Å². The topological polar surface area (TPSA) is 29.3 Å². The van der Waals surface area contributed by atoms with Gasteiger partial charge >= 0.3 is 0 Å². The molecule has 0 aromatic heterocycles. The monoisotopic (exact) mass is 196 g/mol. The van der Waals surface area contributed by atoms with Gasteiger partial charge in [-0.3, -0.25) is 4.90 Å². The molecule has 0 bridgehead atoms. The highest BCUT2D eigenvalue weighted by Gasteiger charge is 2.05. The Morgan fingerprint density at radius 3 is 2.50 bits per heavy atom. The Morgan fingerprint density at radius 1 is 1.36 bits per heavy atom. The molecule has 0 heterocycles. The lowest BCUT2D eigenvalue weighted by Gasteiger charge is -2.19. The van der Waals surface area contributed by atoms with Crippen molar-refractivity contribution in [2.75, 3.05) is 20.1 Å². The van der Waals surface area contributed by atoms with E-state index in [0.717, 1.165) is 19.5 Å². The first-order chi connectivity index (χ1) is 6.56. The first-order valence-electron chi connectivity index (χ1n) is 5.43. The van der Waals surface area contributed by atoms with Gasteiger partial charge in [0, 0.05) is 12.6 Å². The molecule has 0 aromatic rings. The maximum absolute atomic E-state index is 5.69. The third-order valence-corrected chi connectivity index (χ3v) is 2.34. The smallest absolute Gasteiger partial charge is 0.0596 e. The summed E-state index contributed by atoms with van der Waals surface area (Å²) in [6.45, 7) is 6.17. The van der Waals surface area contributed by atoms with Gasteiger partial charge in [0.05, 0.1) is 6.54 Å². The summed E-state index contributed by atoms with van der Waals surface area (Å²) in [6.07, 6.45) is 8.84. The summed E-state index contributed by atoms with van der Waals surface area (Å²) >= 11 is 0. The first-order valence-corrected chi connectivity index (χ1v) is 5.43. The Kier molecular flexibility index (Phi) is 7.55. The summed E-state index contributed by atoms with van der Waals surface area (Å²) in [5.74, 6) is 3.37. The van der Waals surface area contributed by atoms with Crippen LogP contribution < -0.4 is 5.73 Å². The van der Waals surface area contributed by atoms with E-state index in [1.165, 1.54) is 12.8 Å². The van der Waals surface area contributed by atoms with Gasteiger partial charge in [0.25, 0.3) is 0 Å². The van der Waals surface area contributed by atoms with Crippen molar-refractivity contribution in [2.24, 2.45) is 11.7 Å². The second kappa shape index (κ2) is 7.84. The molecule has 0 rings (SSSR count). The molecular weight excluding hydrogens is 172 g/mol. The molecule has 82 valence electrons. The second-order valence-electron chi connectivity index (χ2n) is 4.41. The number of nitrogens with zero attached hydrogens (tertiary/aromatic N) is 1. The van der Waals surface area contributed by atoms with Gasteiger partial charge in [0.15, 0.2) is 0 Å². The number of hydrogen-bond donors (Lipinski definition) is 1. The van der Waals surface area contributed by atoms with Crippen LogP contribution in [0, 0.1) is 18.3 Å². The van der Waals surface area contributed by atoms with Crippen LogP contribution in [0.4, 0.5) is 0 Å². The SMILES string of the molecule is C#CCN(C)CC(C)CCCC(C)N. The molecule has 0 fully saturated rings. The lowest BCUT2D eigenvalue weighted by atomic mass is 10.0. The van der Waals surface area contributed by atoms with Gasteiger partial charge in [0.1, 0.15) is 0 Å². The van der Waals surface area contributed by atoms with E-state index in [0.29, 0.717) is 12.0 Å². The molecule has 2 heteroatoms. The summed E-state index contributed by atoms with van der Waals surface area (Å²) in [6, 6.07) is 0.339. The van der Waals surface area contributed by atoms with Gasteiger partial charge in [-0.15, -0.1) is 6.42 Å². The first kappa shape index (κ1) is 13.5. The predicted octanol–water partition coefficient (Wildman–Crippen LogP) is 1.71. The molecule has 0 aromatic carbocycles. The second-order valence-corrected chi connectivity index (χ2v) is 4.41. The molecule has 2 nitrogen and oxygen atoms in total. The minimum absolute atomic E-state index is 0.339. The van der Waals surface area contributed by atoms with Gasteiger partial charge in [0.2, 0.25) is 0 Å². The molecule has 0 spiro atoms. The number of rotatable bonds is 7. The molecular formula is C12H24N2. The predicted molar refractivity (Wildman–Crippen MR) is 63.0 cm³/mol. The van der Waals surface area contributed by atoms with Gasteiger partial charge in [-0.05, 0) is 32.7 Å². The van der Waals surface area contributed by atoms with Crippen LogP contribution in [0.3, 0.4) is 0 Å². The highest BCUT2D eigenvalue weighted by molar-refractivity contribution is 4.87. The van der Waals surface area contributed by atoms with E-state index in [1.807, 2.05) is 0 Å². The zero-order valence-electron chi connectivity index (χ0n) is 9.79. The molecule has 0 saturated carbocycles. The van der Waals surface area contributed by atoms with Crippen LogP contribution in [-0.4, -0.2) is 31.1 Å². The van der Waals surface area contributed by atoms with Crippen molar-refractivity contribution in [1.29, 1.82) is 0 Å². The fraction of sp³-hybridized carbons (Fsp3) is 0.833. The fourth-order valence-electron chi connectivity index (χ4n) is 1.63. The van der Waals surface area contributed by atoms with Crippen LogP contribution in [-0.2, 0) is 0 Å². The maximum atomic E-state index is 5.69. The Morgan fingerprint density at radius 2 is 2.00 bits per heavy atom. The molecule has 2 N–H and O–H groups in total. The minimum atomic E-state index is 0.339. The van der Waals surface area contributed by atoms with E-state index < -0.39 is 0 Å². The lowest BCUT2D eigenvalue weighted by Crippen LogP contribution is -2.25. The summed E-state index contributed by atoms with van der Waals surface area (Å²) in [4.78, 5) is 2.19. The van der Waals surface area contributed by atoms with Crippen LogP contribution in [0.15, 0.2) is 0 Å². The normalized spacial score (nSPS) is 15.1. The zero-order chi connectivity index (χ0) is 11.0. The third kappa shape index (κ3) is 8.10. The largest absolute Gasteiger partial charge is 0.328 e. The van der Waals surface area contributed by atoms with Gasteiger partial charge < -0.3 is 5.73 Å². The summed E-state index contributed by atoms with van der Waals surface area (Å²) < 4.78 is 0. The Hall–Kier alpha value is -0.520. The number of hydrogen-bond acceptors (Lipinski definition) is 2. The molecule has 0 radical (unpaired) electrons. The number of terminal acetylenes is 1. The van der Waals surface area contributed by atoms with Gasteiger partial charge in [-0.1, -0.05) is 19.3 Å². The van der Waals surface area contributed by atoms with Crippen molar-refractivity contribution in [3.63, 3.8) is 0 Å². The Labute approximate surface area is 88.9 Å². The molecule has 14 heavy (non-hydrogen) atoms. The molecule has 2 unspecified atom stereocenters. The van der Waals surface area contributed by atoms with Crippen LogP contribution in [0.25, 0.3) is 0 Å². The van der Waals surface area contributed by atoms with E-state index >= 15 is 0 Å². The number of nitrogens with two attached hydrogens (primary N) is 1. The average Bonchev–Trinajstić information content (AvgIpc) is 2.03. The Bertz CT molecular complexity index is 170. The van der Waals surface area contributed by atoms with E-state index in [2.05, 4.69) is 31.7 Å². The highest BCUT2D eigenvalue weighted by atomic mass is 15.1. The summed E-state index contributed by atoms with van der Waals surface area (Å²) in [5, 5.41) is 0. The fourth-order valence-corrected chi connectivity index (χ4v) is 1.63. The quantitative estimate of drug-likeness (QED) is 0.628. The van der Waals surface area contributed by atoms with E-state index in [4.69, 9.17) is 12.2 Å². The van der Waals surface area contributed by atoms with Crippen molar-refractivity contribution in [3.8, 4) is 12.3 Å². The van der Waals surface area contributed by atoms with Gasteiger partial charge in [-0.25, -0.2) is 0 Å². The lowest BCUT2D eigenvalue weighted by molar-refractivity contribution is 0.300. The van der Waals surface area contributed by atoms with Crippen molar-refractivity contribution in [2.45, 2.75) is 39.2 Å². The maximum Gasteiger partial charge on any atom is 0.0596 e. The minimum Gasteiger partial charge on any atom is -0.328 e. The Balaban J connectivity index is 3.45.